The average Bonchev–Trinajstić information content (AvgIpc) is 2.77. The van der Waals surface area contributed by atoms with Gasteiger partial charge in [0.2, 0.25) is 5.91 Å². The number of hydrazone groups is 1. The fourth-order valence-electron chi connectivity index (χ4n) is 2.76. The summed E-state index contributed by atoms with van der Waals surface area (Å²) in [5, 5.41) is 4.00. The van der Waals surface area contributed by atoms with Gasteiger partial charge < -0.3 is 9.47 Å². The Bertz CT molecular complexity index is 1140. The molecule has 8 heteroatoms. The van der Waals surface area contributed by atoms with Crippen LogP contribution in [0.2, 0.25) is 0 Å². The number of ether oxygens (including phenoxy) is 2. The number of aryl methyl sites for hydroxylation is 1. The van der Waals surface area contributed by atoms with E-state index in [1.165, 1.54) is 13.3 Å². The van der Waals surface area contributed by atoms with E-state index in [1.807, 2.05) is 43.3 Å². The van der Waals surface area contributed by atoms with Gasteiger partial charge in [-0.1, -0.05) is 45.8 Å². The Morgan fingerprint density at radius 2 is 1.72 bits per heavy atom. The zero-order valence-corrected chi connectivity index (χ0v) is 20.6. The summed E-state index contributed by atoms with van der Waals surface area (Å²) in [5.41, 5.74) is 5.51. The van der Waals surface area contributed by atoms with E-state index in [1.54, 1.807) is 24.3 Å². The first-order chi connectivity index (χ1) is 15.4. The number of hydrogen-bond donors (Lipinski definition) is 1. The predicted octanol–water partition coefficient (Wildman–Crippen LogP) is 5.44. The SMILES string of the molecule is COc1cc(/C=N\NC(=O)Cc2ccc(Br)cc2)cc(Br)c1OC(=O)c1ccc(C)cc1. The van der Waals surface area contributed by atoms with Crippen molar-refractivity contribution in [2.45, 2.75) is 13.3 Å². The molecule has 3 aromatic rings. The molecule has 0 aromatic heterocycles. The van der Waals surface area contributed by atoms with E-state index in [2.05, 4.69) is 42.4 Å². The Morgan fingerprint density at radius 1 is 1.03 bits per heavy atom. The fourth-order valence-corrected chi connectivity index (χ4v) is 3.57. The Balaban J connectivity index is 1.67. The molecule has 1 amide bonds. The highest BCUT2D eigenvalue weighted by Crippen LogP contribution is 2.36. The molecule has 0 unspecified atom stereocenters. The van der Waals surface area contributed by atoms with Crippen molar-refractivity contribution in [1.82, 2.24) is 5.43 Å². The second kappa shape index (κ2) is 11.1. The van der Waals surface area contributed by atoms with Crippen molar-refractivity contribution < 1.29 is 19.1 Å². The summed E-state index contributed by atoms with van der Waals surface area (Å²) in [5.74, 6) is -0.124. The molecule has 0 aliphatic carbocycles. The van der Waals surface area contributed by atoms with Crippen molar-refractivity contribution in [2.24, 2.45) is 5.10 Å². The van der Waals surface area contributed by atoms with E-state index in [9.17, 15) is 9.59 Å². The first kappa shape index (κ1) is 23.7. The van der Waals surface area contributed by atoms with Gasteiger partial charge >= 0.3 is 5.97 Å². The highest BCUT2D eigenvalue weighted by atomic mass is 79.9. The van der Waals surface area contributed by atoms with Gasteiger partial charge in [-0.25, -0.2) is 10.2 Å². The molecule has 0 bridgehead atoms. The number of carbonyl (C=O) groups is 2. The molecule has 0 fully saturated rings. The molecule has 0 saturated heterocycles. The van der Waals surface area contributed by atoms with Crippen LogP contribution < -0.4 is 14.9 Å². The number of amides is 1. The lowest BCUT2D eigenvalue weighted by Crippen LogP contribution is -2.19. The normalized spacial score (nSPS) is 10.8. The van der Waals surface area contributed by atoms with Crippen molar-refractivity contribution >= 4 is 50.0 Å². The number of carbonyl (C=O) groups excluding carboxylic acids is 2. The Morgan fingerprint density at radius 3 is 2.38 bits per heavy atom. The number of nitrogens with zero attached hydrogens (tertiary/aromatic N) is 1. The van der Waals surface area contributed by atoms with E-state index in [4.69, 9.17) is 9.47 Å². The smallest absolute Gasteiger partial charge is 0.343 e. The van der Waals surface area contributed by atoms with Crippen LogP contribution in [0.15, 0.2) is 74.7 Å². The number of hydrogen-bond acceptors (Lipinski definition) is 5. The number of rotatable bonds is 7. The van der Waals surface area contributed by atoms with Crippen LogP contribution in [0.5, 0.6) is 11.5 Å². The highest BCUT2D eigenvalue weighted by molar-refractivity contribution is 9.10. The van der Waals surface area contributed by atoms with Gasteiger partial charge in [0.1, 0.15) is 0 Å². The third kappa shape index (κ3) is 6.51. The second-order valence-corrected chi connectivity index (χ2v) is 8.66. The maximum Gasteiger partial charge on any atom is 0.343 e. The number of esters is 1. The molecule has 0 saturated carbocycles. The molecule has 0 aliphatic rings. The minimum absolute atomic E-state index is 0.214. The van der Waals surface area contributed by atoms with Crippen LogP contribution >= 0.6 is 31.9 Å². The van der Waals surface area contributed by atoms with Crippen molar-refractivity contribution in [3.63, 3.8) is 0 Å². The summed E-state index contributed by atoms with van der Waals surface area (Å²) in [4.78, 5) is 24.6. The molecule has 0 heterocycles. The third-order valence-corrected chi connectivity index (χ3v) is 5.53. The fraction of sp³-hybridized carbons (Fsp3) is 0.125. The Labute approximate surface area is 202 Å². The molecule has 3 rings (SSSR count). The Hall–Kier alpha value is -2.97. The zero-order chi connectivity index (χ0) is 23.1. The molecule has 6 nitrogen and oxygen atoms in total. The van der Waals surface area contributed by atoms with Crippen LogP contribution in [0.4, 0.5) is 0 Å². The number of methoxy groups -OCH3 is 1. The van der Waals surface area contributed by atoms with Crippen LogP contribution in [-0.2, 0) is 11.2 Å². The van der Waals surface area contributed by atoms with Gasteiger partial charge in [0.05, 0.1) is 29.8 Å². The first-order valence-electron chi connectivity index (χ1n) is 9.58. The monoisotopic (exact) mass is 558 g/mol. The molecular formula is C24H20Br2N2O4. The summed E-state index contributed by atoms with van der Waals surface area (Å²) >= 11 is 6.78. The van der Waals surface area contributed by atoms with Crippen LogP contribution in [0, 0.1) is 6.92 Å². The predicted molar refractivity (Wildman–Crippen MR) is 130 cm³/mol. The molecule has 1 N–H and O–H groups in total. The number of nitrogens with one attached hydrogen (secondary N) is 1. The summed E-state index contributed by atoms with van der Waals surface area (Å²) in [7, 11) is 1.48. The van der Waals surface area contributed by atoms with E-state index in [0.717, 1.165) is 15.6 Å². The Kier molecular flexibility index (Phi) is 8.19. The van der Waals surface area contributed by atoms with Gasteiger partial charge in [-0.15, -0.1) is 0 Å². The van der Waals surface area contributed by atoms with E-state index >= 15 is 0 Å². The first-order valence-corrected chi connectivity index (χ1v) is 11.2. The summed E-state index contributed by atoms with van der Waals surface area (Å²) in [6, 6.07) is 18.0. The summed E-state index contributed by atoms with van der Waals surface area (Å²) < 4.78 is 12.4. The van der Waals surface area contributed by atoms with Gasteiger partial charge in [-0.05, 0) is 70.4 Å². The van der Waals surface area contributed by atoms with Crippen LogP contribution in [0.25, 0.3) is 0 Å². The largest absolute Gasteiger partial charge is 0.493 e. The molecule has 0 radical (unpaired) electrons. The third-order valence-electron chi connectivity index (χ3n) is 4.41. The maximum atomic E-state index is 12.5. The average molecular weight is 560 g/mol. The second-order valence-electron chi connectivity index (χ2n) is 6.89. The van der Waals surface area contributed by atoms with Gasteiger partial charge in [0.15, 0.2) is 11.5 Å². The molecule has 164 valence electrons. The minimum atomic E-state index is -0.495. The molecule has 3 aromatic carbocycles. The van der Waals surface area contributed by atoms with Crippen LogP contribution in [-0.4, -0.2) is 25.2 Å². The lowest BCUT2D eigenvalue weighted by Gasteiger charge is -2.12. The summed E-state index contributed by atoms with van der Waals surface area (Å²) in [6.45, 7) is 1.94. The molecule has 0 atom stereocenters. The van der Waals surface area contributed by atoms with E-state index < -0.39 is 5.97 Å². The van der Waals surface area contributed by atoms with E-state index in [0.29, 0.717) is 21.3 Å². The maximum absolute atomic E-state index is 12.5. The van der Waals surface area contributed by atoms with Gasteiger partial charge in [0.25, 0.3) is 0 Å². The summed E-state index contributed by atoms with van der Waals surface area (Å²) in [6.07, 6.45) is 1.70. The topological polar surface area (TPSA) is 77.0 Å². The van der Waals surface area contributed by atoms with Crippen molar-refractivity contribution in [1.29, 1.82) is 0 Å². The lowest BCUT2D eigenvalue weighted by atomic mass is 10.1. The zero-order valence-electron chi connectivity index (χ0n) is 17.4. The number of halogens is 2. The van der Waals surface area contributed by atoms with Gasteiger partial charge in [-0.2, -0.15) is 5.10 Å². The molecule has 0 spiro atoms. The van der Waals surface area contributed by atoms with Crippen LogP contribution in [0.1, 0.15) is 27.0 Å². The highest BCUT2D eigenvalue weighted by Gasteiger charge is 2.16. The quantitative estimate of drug-likeness (QED) is 0.181. The molecule has 32 heavy (non-hydrogen) atoms. The minimum Gasteiger partial charge on any atom is -0.493 e. The van der Waals surface area contributed by atoms with Gasteiger partial charge in [0, 0.05) is 4.47 Å². The van der Waals surface area contributed by atoms with Gasteiger partial charge in [-0.3, -0.25) is 4.79 Å². The van der Waals surface area contributed by atoms with E-state index in [-0.39, 0.29) is 18.1 Å². The number of benzene rings is 3. The van der Waals surface area contributed by atoms with Crippen molar-refractivity contribution in [3.05, 3.63) is 91.9 Å². The molecular weight excluding hydrogens is 540 g/mol. The van der Waals surface area contributed by atoms with Crippen molar-refractivity contribution in [2.75, 3.05) is 7.11 Å². The lowest BCUT2D eigenvalue weighted by molar-refractivity contribution is -0.120. The molecule has 0 aliphatic heterocycles. The van der Waals surface area contributed by atoms with Crippen molar-refractivity contribution in [3.8, 4) is 11.5 Å². The standard InChI is InChI=1S/C24H20Br2N2O4/c1-15-3-7-18(8-4-15)24(30)32-23-20(26)11-17(12-21(23)31-2)14-27-28-22(29)13-16-5-9-19(25)10-6-16/h3-12,14H,13H2,1-2H3,(H,28,29)/b27-14-. The van der Waals surface area contributed by atoms with Crippen LogP contribution in [0.3, 0.4) is 0 Å².